The van der Waals surface area contributed by atoms with Gasteiger partial charge in [-0.05, 0) is 12.1 Å². The molecule has 64 valence electrons. The van der Waals surface area contributed by atoms with Crippen molar-refractivity contribution >= 4 is 16.9 Å². The van der Waals surface area contributed by atoms with Crippen molar-refractivity contribution in [3.63, 3.8) is 0 Å². The molecular weight excluding hydrogens is 168 g/mol. The number of anilines is 1. The Hall–Kier alpha value is -2.04. The van der Waals surface area contributed by atoms with Crippen LogP contribution in [0.5, 0.6) is 0 Å². The number of aromatic nitrogens is 3. The van der Waals surface area contributed by atoms with Crippen molar-refractivity contribution in [2.24, 2.45) is 0 Å². The second kappa shape index (κ2) is 2.78. The summed E-state index contributed by atoms with van der Waals surface area (Å²) in [7, 11) is 0. The smallest absolute Gasteiger partial charge is 0.297 e. The molecule has 0 aliphatic heterocycles. The highest BCUT2D eigenvalue weighted by atomic mass is 16.1. The third kappa shape index (κ3) is 1.31. The molecule has 2 N–H and O–H groups in total. The fraction of sp³-hybridized carbons (Fsp3) is 0. The van der Waals surface area contributed by atoms with E-state index < -0.39 is 5.56 Å². The number of nitrogens with zero attached hydrogens (tertiary/aromatic N) is 3. The van der Waals surface area contributed by atoms with E-state index in [1.807, 2.05) is 0 Å². The molecule has 1 aromatic carbocycles. The average molecular weight is 174 g/mol. The summed E-state index contributed by atoms with van der Waals surface area (Å²) in [5.41, 5.74) is 5.44. The number of fused-ring (bicyclic) bond motifs is 1. The summed E-state index contributed by atoms with van der Waals surface area (Å²) in [5.74, 6) is -0.00157. The summed E-state index contributed by atoms with van der Waals surface area (Å²) < 4.78 is 0. The molecule has 0 unspecified atom stereocenters. The molecule has 13 heavy (non-hydrogen) atoms. The zero-order valence-corrected chi connectivity index (χ0v) is 6.64. The van der Waals surface area contributed by atoms with E-state index in [9.17, 15) is 4.79 Å². The van der Waals surface area contributed by atoms with Gasteiger partial charge >= 0.3 is 0 Å². The van der Waals surface area contributed by atoms with E-state index in [-0.39, 0.29) is 5.95 Å². The maximum Gasteiger partial charge on any atom is 0.297 e. The number of hydrogen-bond acceptors (Lipinski definition) is 5. The minimum absolute atomic E-state index is 0.00157. The van der Waals surface area contributed by atoms with E-state index in [1.165, 1.54) is 0 Å². The quantitative estimate of drug-likeness (QED) is 0.606. The number of nitrogens with two attached hydrogens (primary N) is 1. The van der Waals surface area contributed by atoms with Crippen LogP contribution < -0.4 is 11.3 Å². The van der Waals surface area contributed by atoms with Gasteiger partial charge in [0.05, 0.1) is 10.9 Å². The SMILES string of the molecule is Nc1nnc(=O)c2ccccc2n1. The molecule has 2 rings (SSSR count). The lowest BCUT2D eigenvalue weighted by Crippen LogP contribution is -2.03. The lowest BCUT2D eigenvalue weighted by atomic mass is 10.2. The van der Waals surface area contributed by atoms with Gasteiger partial charge in [0.2, 0.25) is 5.95 Å². The van der Waals surface area contributed by atoms with E-state index in [4.69, 9.17) is 5.73 Å². The monoisotopic (exact) mass is 174 g/mol. The van der Waals surface area contributed by atoms with Crippen LogP contribution in [-0.4, -0.2) is 15.2 Å². The van der Waals surface area contributed by atoms with Crippen LogP contribution in [0.15, 0.2) is 29.1 Å². The topological polar surface area (TPSA) is 81.8 Å². The molecule has 0 atom stereocenters. The Labute approximate surface area is 73.3 Å². The van der Waals surface area contributed by atoms with Crippen LogP contribution in [0.2, 0.25) is 0 Å². The van der Waals surface area contributed by atoms with Crippen LogP contribution in [0.3, 0.4) is 0 Å². The Morgan fingerprint density at radius 2 is 1.92 bits per heavy atom. The molecule has 0 fully saturated rings. The summed E-state index contributed by atoms with van der Waals surface area (Å²) >= 11 is 0. The second-order valence-electron chi connectivity index (χ2n) is 2.49. The largest absolute Gasteiger partial charge is 0.366 e. The van der Waals surface area contributed by atoms with Crippen molar-refractivity contribution in [1.29, 1.82) is 0 Å². The van der Waals surface area contributed by atoms with Crippen LogP contribution >= 0.6 is 0 Å². The van der Waals surface area contributed by atoms with Crippen molar-refractivity contribution in [3.8, 4) is 0 Å². The van der Waals surface area contributed by atoms with Gasteiger partial charge in [0.1, 0.15) is 0 Å². The van der Waals surface area contributed by atoms with Crippen LogP contribution in [0.1, 0.15) is 0 Å². The second-order valence-corrected chi connectivity index (χ2v) is 2.49. The molecule has 1 heterocycles. The van der Waals surface area contributed by atoms with E-state index in [2.05, 4.69) is 15.2 Å². The predicted octanol–water partition coefficient (Wildman–Crippen LogP) is -0.0328. The number of para-hydroxylation sites is 1. The van der Waals surface area contributed by atoms with Crippen LogP contribution in [0.4, 0.5) is 5.95 Å². The number of hydrogen-bond donors (Lipinski definition) is 1. The minimum atomic E-state index is -0.417. The van der Waals surface area contributed by atoms with Gasteiger partial charge in [-0.3, -0.25) is 4.79 Å². The fourth-order valence-corrected chi connectivity index (χ4v) is 1.05. The molecule has 0 amide bonds. The number of benzene rings is 1. The van der Waals surface area contributed by atoms with Gasteiger partial charge in [0.15, 0.2) is 0 Å². The molecule has 5 heteroatoms. The maximum atomic E-state index is 11.3. The molecule has 2 aromatic rings. The molecule has 0 saturated carbocycles. The highest BCUT2D eigenvalue weighted by molar-refractivity contribution is 5.77. The standard InChI is InChI=1S/C8H6N4O/c9-8-10-6-4-2-1-3-5(6)7(13)11-12-8/h1-4H,(H2,9,10). The van der Waals surface area contributed by atoms with Gasteiger partial charge in [-0.15, -0.1) is 10.2 Å². The predicted molar refractivity (Wildman–Crippen MR) is 48.0 cm³/mol. The molecule has 0 aliphatic carbocycles. The lowest BCUT2D eigenvalue weighted by Gasteiger charge is -1.86. The first kappa shape index (κ1) is 7.60. The van der Waals surface area contributed by atoms with Crippen molar-refractivity contribution in [1.82, 2.24) is 15.2 Å². The van der Waals surface area contributed by atoms with E-state index in [1.54, 1.807) is 24.3 Å². The van der Waals surface area contributed by atoms with E-state index in [0.717, 1.165) is 0 Å². The van der Waals surface area contributed by atoms with Crippen LogP contribution in [0.25, 0.3) is 10.9 Å². The van der Waals surface area contributed by atoms with Gasteiger partial charge in [-0.2, -0.15) is 0 Å². The van der Waals surface area contributed by atoms with Gasteiger partial charge in [0, 0.05) is 0 Å². The summed E-state index contributed by atoms with van der Waals surface area (Å²) in [5, 5.41) is 7.22. The minimum Gasteiger partial charge on any atom is -0.366 e. The molecule has 0 radical (unpaired) electrons. The molecule has 5 nitrogen and oxygen atoms in total. The third-order valence-corrected chi connectivity index (χ3v) is 1.61. The van der Waals surface area contributed by atoms with Gasteiger partial charge in [0.25, 0.3) is 5.56 Å². The van der Waals surface area contributed by atoms with Crippen LogP contribution in [0, 0.1) is 0 Å². The fourth-order valence-electron chi connectivity index (χ4n) is 1.05. The molecule has 0 bridgehead atoms. The summed E-state index contributed by atoms with van der Waals surface area (Å²) in [4.78, 5) is 15.2. The van der Waals surface area contributed by atoms with Gasteiger partial charge < -0.3 is 5.73 Å². The summed E-state index contributed by atoms with van der Waals surface area (Å²) in [6.45, 7) is 0. The van der Waals surface area contributed by atoms with Gasteiger partial charge in [-0.25, -0.2) is 4.98 Å². The Morgan fingerprint density at radius 3 is 2.77 bits per heavy atom. The van der Waals surface area contributed by atoms with Crippen molar-refractivity contribution in [3.05, 3.63) is 34.6 Å². The maximum absolute atomic E-state index is 11.3. The lowest BCUT2D eigenvalue weighted by molar-refractivity contribution is 1.01. The van der Waals surface area contributed by atoms with Crippen LogP contribution in [-0.2, 0) is 0 Å². The molecule has 0 spiro atoms. The zero-order chi connectivity index (χ0) is 9.26. The third-order valence-electron chi connectivity index (χ3n) is 1.61. The Kier molecular flexibility index (Phi) is 1.63. The number of nitrogen functional groups attached to an aromatic ring is 1. The number of rotatable bonds is 0. The normalized spacial score (nSPS) is 10.2. The van der Waals surface area contributed by atoms with Crippen molar-refractivity contribution in [2.45, 2.75) is 0 Å². The van der Waals surface area contributed by atoms with Crippen molar-refractivity contribution < 1.29 is 0 Å². The highest BCUT2D eigenvalue weighted by Crippen LogP contribution is 2.03. The molecular formula is C8H6N4O. The van der Waals surface area contributed by atoms with E-state index in [0.29, 0.717) is 10.9 Å². The zero-order valence-electron chi connectivity index (χ0n) is 6.64. The van der Waals surface area contributed by atoms with Crippen molar-refractivity contribution in [2.75, 3.05) is 5.73 Å². The van der Waals surface area contributed by atoms with E-state index >= 15 is 0 Å². The molecule has 1 aromatic heterocycles. The Bertz CT molecular complexity index is 511. The first-order chi connectivity index (χ1) is 6.27. The Morgan fingerprint density at radius 1 is 1.15 bits per heavy atom. The summed E-state index contributed by atoms with van der Waals surface area (Å²) in [6, 6.07) is 6.84. The summed E-state index contributed by atoms with van der Waals surface area (Å²) in [6.07, 6.45) is 0. The van der Waals surface area contributed by atoms with Gasteiger partial charge in [-0.1, -0.05) is 12.1 Å². The molecule has 0 saturated heterocycles. The Balaban J connectivity index is 3.04. The molecule has 0 aliphatic rings. The average Bonchev–Trinajstić information content (AvgIpc) is 2.27. The highest BCUT2D eigenvalue weighted by Gasteiger charge is 1.98. The first-order valence-electron chi connectivity index (χ1n) is 3.66. The first-order valence-corrected chi connectivity index (χ1v) is 3.66.